The average molecular weight is 479 g/mol. The van der Waals surface area contributed by atoms with Crippen LogP contribution in [0.1, 0.15) is 12.8 Å². The first kappa shape index (κ1) is 23.5. The van der Waals surface area contributed by atoms with Crippen molar-refractivity contribution in [2.75, 3.05) is 25.0 Å². The van der Waals surface area contributed by atoms with Crippen LogP contribution in [0.25, 0.3) is 0 Å². The fraction of sp³-hybridized carbons (Fsp3) is 0.231. The number of likely N-dealkylation sites (tertiary alicyclic amines) is 1. The summed E-state index contributed by atoms with van der Waals surface area (Å²) in [5, 5.41) is 2.92. The second-order valence-electron chi connectivity index (χ2n) is 8.09. The molecule has 2 amide bonds. The summed E-state index contributed by atoms with van der Waals surface area (Å²) in [4.78, 5) is 27.1. The third-order valence-electron chi connectivity index (χ3n) is 5.81. The molecule has 1 N–H and O–H groups in total. The van der Waals surface area contributed by atoms with E-state index in [0.29, 0.717) is 31.7 Å². The van der Waals surface area contributed by atoms with Crippen molar-refractivity contribution in [1.82, 2.24) is 4.90 Å². The minimum Gasteiger partial charge on any atom is -0.484 e. The Morgan fingerprint density at radius 1 is 0.824 bits per heavy atom. The second kappa shape index (κ2) is 10.5. The molecule has 0 saturated carbocycles. The van der Waals surface area contributed by atoms with Gasteiger partial charge in [0, 0.05) is 24.7 Å². The van der Waals surface area contributed by atoms with Crippen LogP contribution in [0, 0.1) is 5.92 Å². The van der Waals surface area contributed by atoms with Crippen LogP contribution in [0.4, 0.5) is 5.69 Å². The molecule has 0 aromatic heterocycles. The van der Waals surface area contributed by atoms with E-state index in [1.807, 2.05) is 30.3 Å². The van der Waals surface area contributed by atoms with Crippen molar-refractivity contribution >= 4 is 27.3 Å². The number of ether oxygens (including phenoxy) is 1. The third kappa shape index (κ3) is 5.63. The van der Waals surface area contributed by atoms with Crippen molar-refractivity contribution in [3.63, 3.8) is 0 Å². The molecular weight excluding hydrogens is 452 g/mol. The predicted octanol–water partition coefficient (Wildman–Crippen LogP) is 3.78. The van der Waals surface area contributed by atoms with Gasteiger partial charge in [0.2, 0.25) is 15.7 Å². The average Bonchev–Trinajstić information content (AvgIpc) is 2.88. The Balaban J connectivity index is 1.25. The number of amides is 2. The first-order valence-corrected chi connectivity index (χ1v) is 12.6. The zero-order chi connectivity index (χ0) is 24.0. The maximum atomic E-state index is 12.7. The van der Waals surface area contributed by atoms with Gasteiger partial charge in [-0.25, -0.2) is 8.42 Å². The first-order valence-electron chi connectivity index (χ1n) is 11.1. The van der Waals surface area contributed by atoms with Crippen LogP contribution in [0.3, 0.4) is 0 Å². The van der Waals surface area contributed by atoms with Gasteiger partial charge in [0.05, 0.1) is 9.79 Å². The molecule has 1 fully saturated rings. The summed E-state index contributed by atoms with van der Waals surface area (Å²) in [6.45, 7) is 0.832. The zero-order valence-corrected chi connectivity index (χ0v) is 19.4. The van der Waals surface area contributed by atoms with E-state index >= 15 is 0 Å². The lowest BCUT2D eigenvalue weighted by Gasteiger charge is -2.31. The number of carbonyl (C=O) groups excluding carboxylic acids is 2. The molecule has 8 heteroatoms. The smallest absolute Gasteiger partial charge is 0.260 e. The van der Waals surface area contributed by atoms with Gasteiger partial charge in [-0.1, -0.05) is 36.4 Å². The summed E-state index contributed by atoms with van der Waals surface area (Å²) < 4.78 is 30.9. The minimum atomic E-state index is -3.60. The largest absolute Gasteiger partial charge is 0.484 e. The molecule has 1 aliphatic rings. The molecule has 0 aliphatic carbocycles. The maximum absolute atomic E-state index is 12.7. The van der Waals surface area contributed by atoms with Gasteiger partial charge in [-0.05, 0) is 61.4 Å². The lowest BCUT2D eigenvalue weighted by Crippen LogP contribution is -2.43. The number of para-hydroxylation sites is 1. The van der Waals surface area contributed by atoms with E-state index in [0.717, 1.165) is 5.69 Å². The fourth-order valence-corrected chi connectivity index (χ4v) is 5.13. The molecule has 0 atom stereocenters. The van der Waals surface area contributed by atoms with E-state index in [1.165, 1.54) is 12.1 Å². The number of nitrogens with one attached hydrogen (secondary N) is 1. The van der Waals surface area contributed by atoms with Crippen LogP contribution >= 0.6 is 0 Å². The number of hydrogen-bond acceptors (Lipinski definition) is 5. The molecular formula is C26H26N2O5S. The van der Waals surface area contributed by atoms with E-state index in [2.05, 4.69) is 5.32 Å². The summed E-state index contributed by atoms with van der Waals surface area (Å²) in [7, 11) is -3.60. The Morgan fingerprint density at radius 2 is 1.38 bits per heavy atom. The highest BCUT2D eigenvalue weighted by Gasteiger charge is 2.27. The Morgan fingerprint density at radius 3 is 2.00 bits per heavy atom. The summed E-state index contributed by atoms with van der Waals surface area (Å²) >= 11 is 0. The van der Waals surface area contributed by atoms with Gasteiger partial charge < -0.3 is 15.0 Å². The predicted molar refractivity (Wildman–Crippen MR) is 128 cm³/mol. The lowest BCUT2D eigenvalue weighted by molar-refractivity contribution is -0.136. The van der Waals surface area contributed by atoms with E-state index < -0.39 is 9.84 Å². The number of benzene rings is 3. The van der Waals surface area contributed by atoms with Gasteiger partial charge >= 0.3 is 0 Å². The summed E-state index contributed by atoms with van der Waals surface area (Å²) in [5.74, 6) is 0.0877. The molecule has 0 unspecified atom stereocenters. The van der Waals surface area contributed by atoms with Crippen LogP contribution in [0.5, 0.6) is 5.75 Å². The molecule has 1 saturated heterocycles. The van der Waals surface area contributed by atoms with Gasteiger partial charge in [-0.15, -0.1) is 0 Å². The van der Waals surface area contributed by atoms with Crippen molar-refractivity contribution < 1.29 is 22.7 Å². The number of sulfone groups is 1. The van der Waals surface area contributed by atoms with Crippen molar-refractivity contribution in [3.8, 4) is 5.75 Å². The lowest BCUT2D eigenvalue weighted by atomic mass is 9.95. The molecule has 3 aromatic carbocycles. The summed E-state index contributed by atoms with van der Waals surface area (Å²) in [6.07, 6.45) is 1.19. The fourth-order valence-electron chi connectivity index (χ4n) is 3.84. The summed E-state index contributed by atoms with van der Waals surface area (Å²) in [5.41, 5.74) is 0.766. The van der Waals surface area contributed by atoms with Crippen LogP contribution in [-0.4, -0.2) is 44.8 Å². The Hall–Kier alpha value is -3.65. The number of nitrogens with zero attached hydrogens (tertiary/aromatic N) is 1. The number of rotatable bonds is 7. The number of piperidine rings is 1. The van der Waals surface area contributed by atoms with Crippen LogP contribution < -0.4 is 10.1 Å². The monoisotopic (exact) mass is 478 g/mol. The molecule has 7 nitrogen and oxygen atoms in total. The standard InChI is InChI=1S/C26H26N2O5S/c29-25(28-17-15-20(16-18-28)26(30)27-21-7-3-1-4-8-21)19-33-22-11-13-24(14-12-22)34(31,32)23-9-5-2-6-10-23/h1-14,20H,15-19H2,(H,27,30). The van der Waals surface area contributed by atoms with Crippen molar-refractivity contribution in [3.05, 3.63) is 84.9 Å². The van der Waals surface area contributed by atoms with Crippen LogP contribution in [0.15, 0.2) is 94.7 Å². The van der Waals surface area contributed by atoms with Crippen molar-refractivity contribution in [1.29, 1.82) is 0 Å². The molecule has 0 radical (unpaired) electrons. The van der Waals surface area contributed by atoms with E-state index in [1.54, 1.807) is 47.4 Å². The topological polar surface area (TPSA) is 92.8 Å². The number of carbonyl (C=O) groups is 2. The molecule has 34 heavy (non-hydrogen) atoms. The van der Waals surface area contributed by atoms with E-state index in [4.69, 9.17) is 4.74 Å². The molecule has 1 aliphatic heterocycles. The van der Waals surface area contributed by atoms with Gasteiger partial charge in [-0.3, -0.25) is 9.59 Å². The molecule has 4 rings (SSSR count). The maximum Gasteiger partial charge on any atom is 0.260 e. The van der Waals surface area contributed by atoms with Crippen molar-refractivity contribution in [2.45, 2.75) is 22.6 Å². The first-order chi connectivity index (χ1) is 16.4. The minimum absolute atomic E-state index is 0.0277. The molecule has 0 spiro atoms. The van der Waals surface area contributed by atoms with Crippen LogP contribution in [0.2, 0.25) is 0 Å². The van der Waals surface area contributed by atoms with Gasteiger partial charge in [0.1, 0.15) is 5.75 Å². The van der Waals surface area contributed by atoms with Gasteiger partial charge in [0.15, 0.2) is 6.61 Å². The summed E-state index contributed by atoms with van der Waals surface area (Å²) in [6, 6.07) is 23.6. The highest BCUT2D eigenvalue weighted by molar-refractivity contribution is 7.91. The number of hydrogen-bond donors (Lipinski definition) is 1. The zero-order valence-electron chi connectivity index (χ0n) is 18.6. The highest BCUT2D eigenvalue weighted by Crippen LogP contribution is 2.23. The molecule has 0 bridgehead atoms. The van der Waals surface area contributed by atoms with Gasteiger partial charge in [0.25, 0.3) is 5.91 Å². The molecule has 1 heterocycles. The Bertz CT molecular complexity index is 1220. The Kier molecular flexibility index (Phi) is 7.27. The third-order valence-corrected chi connectivity index (χ3v) is 7.60. The van der Waals surface area contributed by atoms with Crippen LogP contribution in [-0.2, 0) is 19.4 Å². The normalized spacial score (nSPS) is 14.4. The quantitative estimate of drug-likeness (QED) is 0.558. The van der Waals surface area contributed by atoms with Crippen molar-refractivity contribution in [2.24, 2.45) is 5.92 Å². The SMILES string of the molecule is O=C(Nc1ccccc1)C1CCN(C(=O)COc2ccc(S(=O)(=O)c3ccccc3)cc2)CC1. The van der Waals surface area contributed by atoms with E-state index in [9.17, 15) is 18.0 Å². The second-order valence-corrected chi connectivity index (χ2v) is 10.0. The van der Waals surface area contributed by atoms with Gasteiger partial charge in [-0.2, -0.15) is 0 Å². The highest BCUT2D eigenvalue weighted by atomic mass is 32.2. The molecule has 176 valence electrons. The van der Waals surface area contributed by atoms with E-state index in [-0.39, 0.29) is 34.1 Å². The molecule has 3 aromatic rings. The Labute approximate surface area is 199 Å². The number of anilines is 1.